The Morgan fingerprint density at radius 1 is 1.16 bits per heavy atom. The number of nitrogens with zero attached hydrogens (tertiary/aromatic N) is 4. The summed E-state index contributed by atoms with van der Waals surface area (Å²) >= 11 is 0. The Balaban J connectivity index is 0.00000341. The Labute approximate surface area is 202 Å². The SMILES string of the molecule is CCNC(=NCCCc1nnc2n1CCCCC2)Nc1ccc(OC)c(OCC)c1.I. The van der Waals surface area contributed by atoms with Crippen LogP contribution in [0.1, 0.15) is 51.2 Å². The minimum Gasteiger partial charge on any atom is -0.493 e. The van der Waals surface area contributed by atoms with Crippen LogP contribution in [-0.2, 0) is 19.4 Å². The fourth-order valence-corrected chi connectivity index (χ4v) is 3.62. The summed E-state index contributed by atoms with van der Waals surface area (Å²) in [5, 5.41) is 15.4. The molecule has 172 valence electrons. The second-order valence-corrected chi connectivity index (χ2v) is 7.28. The molecular formula is C22H35IN6O2. The summed E-state index contributed by atoms with van der Waals surface area (Å²) in [4.78, 5) is 4.72. The number of aryl methyl sites for hydroxylation is 2. The number of guanidine groups is 1. The van der Waals surface area contributed by atoms with Gasteiger partial charge >= 0.3 is 0 Å². The Kier molecular flexibility index (Phi) is 10.9. The Hall–Kier alpha value is -2.04. The molecule has 1 aromatic carbocycles. The number of hydrogen-bond acceptors (Lipinski definition) is 5. The fourth-order valence-electron chi connectivity index (χ4n) is 3.62. The molecule has 0 saturated heterocycles. The second-order valence-electron chi connectivity index (χ2n) is 7.28. The quantitative estimate of drug-likeness (QED) is 0.215. The molecule has 0 unspecified atom stereocenters. The van der Waals surface area contributed by atoms with Gasteiger partial charge in [0.1, 0.15) is 11.6 Å². The molecular weight excluding hydrogens is 507 g/mol. The second kappa shape index (κ2) is 13.4. The van der Waals surface area contributed by atoms with E-state index in [1.807, 2.05) is 25.1 Å². The van der Waals surface area contributed by atoms with Crippen LogP contribution in [0.25, 0.3) is 0 Å². The van der Waals surface area contributed by atoms with Crippen LogP contribution in [0.2, 0.25) is 0 Å². The van der Waals surface area contributed by atoms with E-state index in [4.69, 9.17) is 14.5 Å². The minimum absolute atomic E-state index is 0. The van der Waals surface area contributed by atoms with Gasteiger partial charge in [-0.05, 0) is 45.2 Å². The van der Waals surface area contributed by atoms with Crippen LogP contribution in [-0.4, -0.2) is 47.5 Å². The predicted molar refractivity (Wildman–Crippen MR) is 135 cm³/mol. The first-order valence-electron chi connectivity index (χ1n) is 11.0. The maximum Gasteiger partial charge on any atom is 0.195 e. The molecule has 2 aromatic rings. The van der Waals surface area contributed by atoms with Crippen LogP contribution in [0.3, 0.4) is 0 Å². The van der Waals surface area contributed by atoms with Crippen molar-refractivity contribution in [2.75, 3.05) is 32.1 Å². The summed E-state index contributed by atoms with van der Waals surface area (Å²) < 4.78 is 13.3. The first-order chi connectivity index (χ1) is 14.7. The fraction of sp³-hybridized carbons (Fsp3) is 0.591. The Morgan fingerprint density at radius 2 is 2.03 bits per heavy atom. The molecule has 1 aliphatic rings. The molecule has 0 spiro atoms. The average molecular weight is 542 g/mol. The number of benzene rings is 1. The maximum atomic E-state index is 5.66. The molecule has 1 aliphatic heterocycles. The van der Waals surface area contributed by atoms with E-state index in [2.05, 4.69) is 32.3 Å². The van der Waals surface area contributed by atoms with Crippen molar-refractivity contribution in [2.24, 2.45) is 4.99 Å². The molecule has 3 rings (SSSR count). The van der Waals surface area contributed by atoms with Crippen molar-refractivity contribution in [1.29, 1.82) is 0 Å². The van der Waals surface area contributed by atoms with Gasteiger partial charge < -0.3 is 24.7 Å². The molecule has 9 heteroatoms. The van der Waals surface area contributed by atoms with E-state index in [9.17, 15) is 0 Å². The van der Waals surface area contributed by atoms with E-state index in [1.165, 1.54) is 19.3 Å². The number of aliphatic imine (C=N–C) groups is 1. The lowest BCUT2D eigenvalue weighted by atomic mass is 10.2. The molecule has 0 radical (unpaired) electrons. The molecule has 0 amide bonds. The molecule has 1 aromatic heterocycles. The highest BCUT2D eigenvalue weighted by molar-refractivity contribution is 14.0. The number of methoxy groups -OCH3 is 1. The summed E-state index contributed by atoms with van der Waals surface area (Å²) in [7, 11) is 1.64. The zero-order valence-corrected chi connectivity index (χ0v) is 21.1. The van der Waals surface area contributed by atoms with E-state index < -0.39 is 0 Å². The molecule has 0 saturated carbocycles. The van der Waals surface area contributed by atoms with Crippen LogP contribution in [0.5, 0.6) is 11.5 Å². The van der Waals surface area contributed by atoms with E-state index in [1.54, 1.807) is 7.11 Å². The third kappa shape index (κ3) is 7.26. The monoisotopic (exact) mass is 542 g/mol. The smallest absolute Gasteiger partial charge is 0.195 e. The van der Waals surface area contributed by atoms with Gasteiger partial charge in [0, 0.05) is 44.2 Å². The van der Waals surface area contributed by atoms with Crippen molar-refractivity contribution in [3.63, 3.8) is 0 Å². The number of aromatic nitrogens is 3. The highest BCUT2D eigenvalue weighted by Gasteiger charge is 2.14. The molecule has 2 N–H and O–H groups in total. The summed E-state index contributed by atoms with van der Waals surface area (Å²) in [6.07, 6.45) is 6.59. The molecule has 0 bridgehead atoms. The van der Waals surface area contributed by atoms with Gasteiger partial charge in [-0.3, -0.25) is 4.99 Å². The van der Waals surface area contributed by atoms with Gasteiger partial charge in [0.2, 0.25) is 0 Å². The summed E-state index contributed by atoms with van der Waals surface area (Å²) in [5.41, 5.74) is 0.904. The highest BCUT2D eigenvalue weighted by atomic mass is 127. The van der Waals surface area contributed by atoms with Crippen LogP contribution >= 0.6 is 24.0 Å². The zero-order valence-electron chi connectivity index (χ0n) is 18.8. The molecule has 0 atom stereocenters. The topological polar surface area (TPSA) is 85.6 Å². The average Bonchev–Trinajstić information content (AvgIpc) is 2.97. The number of rotatable bonds is 9. The van der Waals surface area contributed by atoms with Gasteiger partial charge in [0.25, 0.3) is 0 Å². The summed E-state index contributed by atoms with van der Waals surface area (Å²) in [6.45, 7) is 7.15. The van der Waals surface area contributed by atoms with E-state index in [-0.39, 0.29) is 24.0 Å². The van der Waals surface area contributed by atoms with Gasteiger partial charge in [0.05, 0.1) is 13.7 Å². The first-order valence-corrected chi connectivity index (χ1v) is 11.0. The van der Waals surface area contributed by atoms with E-state index >= 15 is 0 Å². The van der Waals surface area contributed by atoms with Crippen LogP contribution < -0.4 is 20.1 Å². The third-order valence-electron chi connectivity index (χ3n) is 5.08. The van der Waals surface area contributed by atoms with Gasteiger partial charge in [-0.25, -0.2) is 0 Å². The molecule has 0 aliphatic carbocycles. The lowest BCUT2D eigenvalue weighted by Gasteiger charge is -2.14. The number of hydrogen-bond donors (Lipinski definition) is 2. The zero-order chi connectivity index (χ0) is 21.2. The molecule has 2 heterocycles. The number of halogens is 1. The van der Waals surface area contributed by atoms with Crippen LogP contribution in [0, 0.1) is 0 Å². The van der Waals surface area contributed by atoms with E-state index in [0.29, 0.717) is 18.9 Å². The molecule has 8 nitrogen and oxygen atoms in total. The van der Waals surface area contributed by atoms with Crippen molar-refractivity contribution in [2.45, 2.75) is 58.9 Å². The molecule has 0 fully saturated rings. The van der Waals surface area contributed by atoms with Gasteiger partial charge in [-0.1, -0.05) is 6.42 Å². The number of ether oxygens (including phenoxy) is 2. The van der Waals surface area contributed by atoms with Crippen molar-refractivity contribution < 1.29 is 9.47 Å². The van der Waals surface area contributed by atoms with E-state index in [0.717, 1.165) is 61.4 Å². The van der Waals surface area contributed by atoms with Crippen molar-refractivity contribution in [3.8, 4) is 11.5 Å². The van der Waals surface area contributed by atoms with Gasteiger partial charge in [-0.15, -0.1) is 34.2 Å². The first kappa shape index (κ1) is 25.2. The standard InChI is InChI=1S/C22H34N6O2.HI/c1-4-23-22(25-17-12-13-18(29-3)19(16-17)30-5-2)24-14-9-11-21-27-26-20-10-7-6-8-15-28(20)21;/h12-13,16H,4-11,14-15H2,1-3H3,(H2,23,24,25);1H. The van der Waals surface area contributed by atoms with Crippen LogP contribution in [0.15, 0.2) is 23.2 Å². The predicted octanol–water partition coefficient (Wildman–Crippen LogP) is 4.04. The largest absolute Gasteiger partial charge is 0.493 e. The van der Waals surface area contributed by atoms with Crippen molar-refractivity contribution in [1.82, 2.24) is 20.1 Å². The van der Waals surface area contributed by atoms with Gasteiger partial charge in [-0.2, -0.15) is 0 Å². The normalized spacial score (nSPS) is 13.6. The lowest BCUT2D eigenvalue weighted by Crippen LogP contribution is -2.30. The third-order valence-corrected chi connectivity index (χ3v) is 5.08. The Bertz CT molecular complexity index is 839. The Morgan fingerprint density at radius 3 is 2.81 bits per heavy atom. The molecule has 31 heavy (non-hydrogen) atoms. The lowest BCUT2D eigenvalue weighted by molar-refractivity contribution is 0.311. The number of fused-ring (bicyclic) bond motifs is 1. The van der Waals surface area contributed by atoms with Crippen LogP contribution in [0.4, 0.5) is 5.69 Å². The number of anilines is 1. The summed E-state index contributed by atoms with van der Waals surface area (Å²) in [5.74, 6) is 4.43. The highest BCUT2D eigenvalue weighted by Crippen LogP contribution is 2.30. The van der Waals surface area contributed by atoms with Gasteiger partial charge in [0.15, 0.2) is 17.5 Å². The van der Waals surface area contributed by atoms with Crippen molar-refractivity contribution in [3.05, 3.63) is 29.8 Å². The number of nitrogens with one attached hydrogen (secondary N) is 2. The van der Waals surface area contributed by atoms with Crippen molar-refractivity contribution >= 4 is 35.6 Å². The summed E-state index contributed by atoms with van der Waals surface area (Å²) in [6, 6.07) is 5.79. The minimum atomic E-state index is 0. The maximum absolute atomic E-state index is 5.66.